The number of nitrogens with zero attached hydrogens (tertiary/aromatic N) is 1. The first kappa shape index (κ1) is 14.8. The topological polar surface area (TPSA) is 41.6 Å². The molecule has 0 saturated carbocycles. The molecule has 0 aliphatic carbocycles. The average Bonchev–Trinajstić information content (AvgIpc) is 2.50. The van der Waals surface area contributed by atoms with Crippen molar-refractivity contribution in [2.24, 2.45) is 0 Å². The third kappa shape index (κ3) is 3.95. The summed E-state index contributed by atoms with van der Waals surface area (Å²) < 4.78 is 18.6. The molecule has 1 N–H and O–H groups in total. The van der Waals surface area contributed by atoms with E-state index in [2.05, 4.69) is 5.32 Å². The van der Waals surface area contributed by atoms with Gasteiger partial charge in [0.05, 0.1) is 12.8 Å². The molecular weight excluding hydrogens is 271 g/mol. The molecular formula is C16H17FN2O2. The van der Waals surface area contributed by atoms with Crippen molar-refractivity contribution in [3.05, 3.63) is 59.9 Å². The first-order valence-electron chi connectivity index (χ1n) is 6.49. The van der Waals surface area contributed by atoms with Gasteiger partial charge < -0.3 is 15.0 Å². The number of urea groups is 1. The van der Waals surface area contributed by atoms with Crippen LogP contribution in [0, 0.1) is 5.82 Å². The number of carbonyl (C=O) groups excluding carboxylic acids is 1. The second kappa shape index (κ2) is 6.74. The molecule has 0 heterocycles. The molecule has 0 radical (unpaired) electrons. The molecule has 0 aliphatic rings. The van der Waals surface area contributed by atoms with Crippen molar-refractivity contribution >= 4 is 11.7 Å². The molecule has 0 fully saturated rings. The number of methoxy groups -OCH3 is 1. The summed E-state index contributed by atoms with van der Waals surface area (Å²) in [4.78, 5) is 13.5. The zero-order valence-corrected chi connectivity index (χ0v) is 12.0. The Kier molecular flexibility index (Phi) is 4.77. The fourth-order valence-corrected chi connectivity index (χ4v) is 1.85. The standard InChI is InChI=1S/C16H17FN2O2/c1-19(11-12-7-9-13(21-2)10-8-12)16(20)18-15-6-4-3-5-14(15)17/h3-10H,11H2,1-2H3,(H,18,20). The van der Waals surface area contributed by atoms with Crippen LogP contribution in [0.25, 0.3) is 0 Å². The van der Waals surface area contributed by atoms with E-state index < -0.39 is 5.82 Å². The van der Waals surface area contributed by atoms with E-state index in [4.69, 9.17) is 4.74 Å². The van der Waals surface area contributed by atoms with Crippen LogP contribution in [-0.4, -0.2) is 25.1 Å². The maximum atomic E-state index is 13.5. The molecule has 0 aromatic heterocycles. The number of ether oxygens (including phenoxy) is 1. The smallest absolute Gasteiger partial charge is 0.321 e. The normalized spacial score (nSPS) is 10.0. The molecule has 0 spiro atoms. The summed E-state index contributed by atoms with van der Waals surface area (Å²) in [5, 5.41) is 2.54. The van der Waals surface area contributed by atoms with Gasteiger partial charge in [-0.15, -0.1) is 0 Å². The fraction of sp³-hybridized carbons (Fsp3) is 0.188. The molecule has 2 rings (SSSR count). The van der Waals surface area contributed by atoms with Crippen LogP contribution in [0.2, 0.25) is 0 Å². The largest absolute Gasteiger partial charge is 0.497 e. The summed E-state index contributed by atoms with van der Waals surface area (Å²) in [6.07, 6.45) is 0. The molecule has 0 atom stereocenters. The molecule has 110 valence electrons. The van der Waals surface area contributed by atoms with E-state index in [1.165, 1.54) is 17.0 Å². The minimum absolute atomic E-state index is 0.170. The monoisotopic (exact) mass is 288 g/mol. The van der Waals surface area contributed by atoms with E-state index in [1.807, 2.05) is 24.3 Å². The Labute approximate surface area is 123 Å². The van der Waals surface area contributed by atoms with Crippen molar-refractivity contribution in [1.29, 1.82) is 0 Å². The highest BCUT2D eigenvalue weighted by Gasteiger charge is 2.11. The highest BCUT2D eigenvalue weighted by atomic mass is 19.1. The van der Waals surface area contributed by atoms with Gasteiger partial charge in [0.1, 0.15) is 11.6 Å². The number of halogens is 1. The van der Waals surface area contributed by atoms with Gasteiger partial charge in [0.15, 0.2) is 0 Å². The number of carbonyl (C=O) groups is 1. The quantitative estimate of drug-likeness (QED) is 0.935. The van der Waals surface area contributed by atoms with E-state index in [-0.39, 0.29) is 11.7 Å². The van der Waals surface area contributed by atoms with Crippen LogP contribution in [0.5, 0.6) is 5.75 Å². The predicted molar refractivity (Wildman–Crippen MR) is 79.9 cm³/mol. The molecule has 2 aromatic rings. The van der Waals surface area contributed by atoms with E-state index in [9.17, 15) is 9.18 Å². The lowest BCUT2D eigenvalue weighted by Gasteiger charge is -2.18. The lowest BCUT2D eigenvalue weighted by molar-refractivity contribution is 0.220. The first-order chi connectivity index (χ1) is 10.1. The van der Waals surface area contributed by atoms with Crippen LogP contribution >= 0.6 is 0 Å². The van der Waals surface area contributed by atoms with Crippen LogP contribution in [0.1, 0.15) is 5.56 Å². The van der Waals surface area contributed by atoms with Crippen LogP contribution in [0.3, 0.4) is 0 Å². The van der Waals surface area contributed by atoms with Gasteiger partial charge in [-0.3, -0.25) is 0 Å². The van der Waals surface area contributed by atoms with Gasteiger partial charge in [0.2, 0.25) is 0 Å². The number of hydrogen-bond donors (Lipinski definition) is 1. The van der Waals surface area contributed by atoms with Gasteiger partial charge in [-0.25, -0.2) is 9.18 Å². The molecule has 2 amide bonds. The van der Waals surface area contributed by atoms with E-state index in [1.54, 1.807) is 26.3 Å². The summed E-state index contributed by atoms with van der Waals surface area (Å²) in [6, 6.07) is 13.1. The number of hydrogen-bond acceptors (Lipinski definition) is 2. The molecule has 0 unspecified atom stereocenters. The molecule has 5 heteroatoms. The minimum atomic E-state index is -0.455. The zero-order valence-electron chi connectivity index (χ0n) is 12.0. The van der Waals surface area contributed by atoms with Crippen LogP contribution in [0.4, 0.5) is 14.9 Å². The Bertz CT molecular complexity index is 614. The molecule has 0 saturated heterocycles. The van der Waals surface area contributed by atoms with E-state index in [0.29, 0.717) is 6.54 Å². The second-order valence-corrected chi connectivity index (χ2v) is 4.61. The van der Waals surface area contributed by atoms with Crippen LogP contribution in [-0.2, 0) is 6.54 Å². The summed E-state index contributed by atoms with van der Waals surface area (Å²) >= 11 is 0. The zero-order chi connectivity index (χ0) is 15.2. The maximum Gasteiger partial charge on any atom is 0.321 e. The van der Waals surface area contributed by atoms with Gasteiger partial charge in [0.25, 0.3) is 0 Å². The summed E-state index contributed by atoms with van der Waals surface area (Å²) in [5.74, 6) is 0.306. The molecule has 21 heavy (non-hydrogen) atoms. The van der Waals surface area contributed by atoms with Crippen molar-refractivity contribution in [3.8, 4) is 5.75 Å². The number of rotatable bonds is 4. The Morgan fingerprint density at radius 3 is 2.48 bits per heavy atom. The maximum absolute atomic E-state index is 13.5. The number of nitrogens with one attached hydrogen (secondary N) is 1. The average molecular weight is 288 g/mol. The van der Waals surface area contributed by atoms with Gasteiger partial charge in [-0.2, -0.15) is 0 Å². The van der Waals surface area contributed by atoms with Crippen molar-refractivity contribution in [2.75, 3.05) is 19.5 Å². The van der Waals surface area contributed by atoms with Gasteiger partial charge in [0, 0.05) is 13.6 Å². The van der Waals surface area contributed by atoms with Gasteiger partial charge in [-0.05, 0) is 29.8 Å². The Morgan fingerprint density at radius 1 is 1.19 bits per heavy atom. The number of amides is 2. The fourth-order valence-electron chi connectivity index (χ4n) is 1.85. The second-order valence-electron chi connectivity index (χ2n) is 4.61. The molecule has 2 aromatic carbocycles. The Balaban J connectivity index is 1.97. The highest BCUT2D eigenvalue weighted by Crippen LogP contribution is 2.15. The van der Waals surface area contributed by atoms with E-state index in [0.717, 1.165) is 11.3 Å². The molecule has 0 bridgehead atoms. The Hall–Kier alpha value is -2.56. The SMILES string of the molecule is COc1ccc(CN(C)C(=O)Nc2ccccc2F)cc1. The predicted octanol–water partition coefficient (Wildman–Crippen LogP) is 3.50. The third-order valence-electron chi connectivity index (χ3n) is 3.04. The minimum Gasteiger partial charge on any atom is -0.497 e. The van der Waals surface area contributed by atoms with Crippen molar-refractivity contribution < 1.29 is 13.9 Å². The number of para-hydroxylation sites is 1. The molecule has 4 nitrogen and oxygen atoms in total. The van der Waals surface area contributed by atoms with Crippen LogP contribution in [0.15, 0.2) is 48.5 Å². The van der Waals surface area contributed by atoms with E-state index >= 15 is 0 Å². The summed E-state index contributed by atoms with van der Waals surface area (Å²) in [5.41, 5.74) is 1.13. The highest BCUT2D eigenvalue weighted by molar-refractivity contribution is 5.89. The number of anilines is 1. The summed E-state index contributed by atoms with van der Waals surface area (Å²) in [7, 11) is 3.25. The van der Waals surface area contributed by atoms with Crippen molar-refractivity contribution in [2.45, 2.75) is 6.54 Å². The summed E-state index contributed by atoms with van der Waals surface area (Å²) in [6.45, 7) is 0.421. The lowest BCUT2D eigenvalue weighted by atomic mass is 10.2. The van der Waals surface area contributed by atoms with Crippen molar-refractivity contribution in [1.82, 2.24) is 4.90 Å². The molecule has 0 aliphatic heterocycles. The third-order valence-corrected chi connectivity index (χ3v) is 3.04. The lowest BCUT2D eigenvalue weighted by Crippen LogP contribution is -2.31. The first-order valence-corrected chi connectivity index (χ1v) is 6.49. The number of benzene rings is 2. The van der Waals surface area contributed by atoms with Gasteiger partial charge >= 0.3 is 6.03 Å². The van der Waals surface area contributed by atoms with Crippen LogP contribution < -0.4 is 10.1 Å². The van der Waals surface area contributed by atoms with Gasteiger partial charge in [-0.1, -0.05) is 24.3 Å². The Morgan fingerprint density at radius 2 is 1.86 bits per heavy atom. The van der Waals surface area contributed by atoms with Crippen molar-refractivity contribution in [3.63, 3.8) is 0 Å².